The van der Waals surface area contributed by atoms with E-state index in [1.165, 1.54) is 0 Å². The summed E-state index contributed by atoms with van der Waals surface area (Å²) in [4.78, 5) is 2.23. The molecule has 0 saturated heterocycles. The van der Waals surface area contributed by atoms with Crippen molar-refractivity contribution in [1.82, 2.24) is 4.98 Å². The van der Waals surface area contributed by atoms with E-state index in [-0.39, 0.29) is 0 Å². The van der Waals surface area contributed by atoms with Gasteiger partial charge in [-0.3, -0.25) is 0 Å². The lowest BCUT2D eigenvalue weighted by Crippen LogP contribution is -2.07. The summed E-state index contributed by atoms with van der Waals surface area (Å²) in [6.45, 7) is 0. The average Bonchev–Trinajstić information content (AvgIpc) is 2.00. The average molecular weight is 280 g/mol. The van der Waals surface area contributed by atoms with Crippen LogP contribution in [0.15, 0.2) is 17.2 Å². The molecule has 0 fully saturated rings. The Hall–Kier alpha value is -0.530. The number of nitrogens with zero attached hydrogens (tertiary/aromatic N) is 1. The number of pyridine rings is 1. The van der Waals surface area contributed by atoms with E-state index in [0.717, 1.165) is 0 Å². The van der Waals surface area contributed by atoms with Crippen LogP contribution in [0, 0.1) is 0 Å². The van der Waals surface area contributed by atoms with Crippen molar-refractivity contribution in [2.24, 2.45) is 0 Å². The summed E-state index contributed by atoms with van der Waals surface area (Å²) in [5.41, 5.74) is -1.23. The van der Waals surface area contributed by atoms with Crippen molar-refractivity contribution in [2.75, 3.05) is 0 Å². The summed E-state index contributed by atoms with van der Waals surface area (Å²) in [7, 11) is 0.528. The lowest BCUT2D eigenvalue weighted by atomic mass is 10.3. The Balaban J connectivity index is 3.43. The second-order valence-electron chi connectivity index (χ2n) is 2.45. The summed E-state index contributed by atoms with van der Waals surface area (Å²) in [5.74, 6) is 0. The number of rotatable bonds is 1. The number of alkyl halides is 3. The van der Waals surface area contributed by atoms with Gasteiger partial charge in [0.2, 0.25) is 0 Å². The lowest BCUT2D eigenvalue weighted by Gasteiger charge is -2.07. The molecule has 0 bridgehead atoms. The van der Waals surface area contributed by atoms with E-state index >= 15 is 0 Å². The fourth-order valence-corrected chi connectivity index (χ4v) is 2.15. The molecule has 1 aromatic rings. The molecular weight excluding hydrogens is 278 g/mol. The Morgan fingerprint density at radius 2 is 1.87 bits per heavy atom. The highest BCUT2D eigenvalue weighted by Gasteiger charge is 2.33. The third-order valence-corrected chi connectivity index (χ3v) is 3.15. The molecule has 0 radical (unpaired) electrons. The molecule has 1 aromatic heterocycles. The molecule has 9 heteroatoms. The molecule has 0 N–H and O–H groups in total. The van der Waals surface area contributed by atoms with Crippen LogP contribution in [0.4, 0.5) is 13.2 Å². The third kappa shape index (κ3) is 2.96. The highest BCUT2D eigenvalue weighted by molar-refractivity contribution is 8.13. The molecule has 84 valence electrons. The van der Waals surface area contributed by atoms with Crippen molar-refractivity contribution in [3.05, 3.63) is 23.0 Å². The highest BCUT2D eigenvalue weighted by Crippen LogP contribution is 2.32. The van der Waals surface area contributed by atoms with Gasteiger partial charge in [-0.15, -0.1) is 0 Å². The van der Waals surface area contributed by atoms with E-state index < -0.39 is 30.8 Å². The first-order valence-corrected chi connectivity index (χ1v) is 5.98. The van der Waals surface area contributed by atoms with Crippen LogP contribution in [-0.2, 0) is 15.2 Å². The van der Waals surface area contributed by atoms with Gasteiger partial charge in [0, 0.05) is 16.9 Å². The number of halogens is 5. The Kier molecular flexibility index (Phi) is 3.18. The maximum Gasteiger partial charge on any atom is 0.417 e. The number of aromatic nitrogens is 1. The van der Waals surface area contributed by atoms with E-state index in [0.29, 0.717) is 12.3 Å². The van der Waals surface area contributed by atoms with Gasteiger partial charge in [0.25, 0.3) is 9.05 Å². The van der Waals surface area contributed by atoms with Crippen molar-refractivity contribution in [2.45, 2.75) is 11.1 Å². The first-order chi connectivity index (χ1) is 6.62. The van der Waals surface area contributed by atoms with E-state index in [1.807, 2.05) is 0 Å². The molecule has 0 saturated carbocycles. The Labute approximate surface area is 92.2 Å². The molecule has 0 unspecified atom stereocenters. The molecule has 0 amide bonds. The van der Waals surface area contributed by atoms with Crippen molar-refractivity contribution in [3.63, 3.8) is 0 Å². The van der Waals surface area contributed by atoms with Crippen LogP contribution < -0.4 is 0 Å². The monoisotopic (exact) mass is 279 g/mol. The van der Waals surface area contributed by atoms with E-state index in [1.54, 1.807) is 0 Å². The SMILES string of the molecule is O=S(=O)(Cl)c1cc(C(F)(F)F)cnc1Cl. The molecule has 0 aromatic carbocycles. The maximum absolute atomic E-state index is 12.2. The highest BCUT2D eigenvalue weighted by atomic mass is 35.7. The van der Waals surface area contributed by atoms with Crippen molar-refractivity contribution < 1.29 is 21.6 Å². The van der Waals surface area contributed by atoms with Crippen LogP contribution in [0.25, 0.3) is 0 Å². The van der Waals surface area contributed by atoms with Crippen molar-refractivity contribution in [1.29, 1.82) is 0 Å². The molecule has 0 spiro atoms. The zero-order valence-electron chi connectivity index (χ0n) is 6.72. The van der Waals surface area contributed by atoms with Gasteiger partial charge < -0.3 is 0 Å². The molecule has 0 aliphatic rings. The van der Waals surface area contributed by atoms with Crippen LogP contribution in [0.3, 0.4) is 0 Å². The van der Waals surface area contributed by atoms with Gasteiger partial charge in [-0.1, -0.05) is 11.6 Å². The molecule has 3 nitrogen and oxygen atoms in total. The first kappa shape index (κ1) is 12.5. The molecule has 15 heavy (non-hydrogen) atoms. The molecule has 1 heterocycles. The van der Waals surface area contributed by atoms with E-state index in [4.69, 9.17) is 22.3 Å². The zero-order valence-corrected chi connectivity index (χ0v) is 9.04. The van der Waals surface area contributed by atoms with Gasteiger partial charge in [0.1, 0.15) is 10.0 Å². The van der Waals surface area contributed by atoms with Crippen LogP contribution in [0.2, 0.25) is 5.15 Å². The standard InChI is InChI=1S/C6H2Cl2F3NO2S/c7-5-4(15(8,13)14)1-3(2-12-5)6(9,10)11/h1-2H. The maximum atomic E-state index is 12.2. The van der Waals surface area contributed by atoms with Crippen LogP contribution in [0.5, 0.6) is 0 Å². The fourth-order valence-electron chi connectivity index (χ4n) is 0.754. The van der Waals surface area contributed by atoms with Crippen LogP contribution >= 0.6 is 22.3 Å². The topological polar surface area (TPSA) is 47.0 Å². The summed E-state index contributed by atoms with van der Waals surface area (Å²) in [6.07, 6.45) is -4.28. The van der Waals surface area contributed by atoms with Crippen molar-refractivity contribution >= 4 is 31.3 Å². The molecule has 1 rings (SSSR count). The van der Waals surface area contributed by atoms with Gasteiger partial charge in [0.15, 0.2) is 0 Å². The second-order valence-corrected chi connectivity index (χ2v) is 5.34. The molecule has 0 aliphatic carbocycles. The Morgan fingerprint density at radius 3 is 2.27 bits per heavy atom. The van der Waals surface area contributed by atoms with Crippen LogP contribution in [-0.4, -0.2) is 13.4 Å². The summed E-state index contributed by atoms with van der Waals surface area (Å²) in [5, 5.41) is -0.599. The van der Waals surface area contributed by atoms with Gasteiger partial charge >= 0.3 is 6.18 Å². The quantitative estimate of drug-likeness (QED) is 0.587. The summed E-state index contributed by atoms with van der Waals surface area (Å²) < 4.78 is 58.1. The normalized spacial score (nSPS) is 12.9. The summed E-state index contributed by atoms with van der Waals surface area (Å²) in [6, 6.07) is 0.331. The van der Waals surface area contributed by atoms with Gasteiger partial charge in [-0.05, 0) is 6.07 Å². The van der Waals surface area contributed by atoms with Crippen LogP contribution in [0.1, 0.15) is 5.56 Å². The molecular formula is C6H2Cl2F3NO2S. The Bertz CT molecular complexity index is 486. The van der Waals surface area contributed by atoms with Gasteiger partial charge in [-0.2, -0.15) is 13.2 Å². The smallest absolute Gasteiger partial charge is 0.243 e. The molecule has 0 atom stereocenters. The zero-order chi connectivity index (χ0) is 11.9. The van der Waals surface area contributed by atoms with E-state index in [2.05, 4.69) is 4.98 Å². The first-order valence-electron chi connectivity index (χ1n) is 3.30. The predicted molar refractivity (Wildman–Crippen MR) is 47.3 cm³/mol. The molecule has 0 aliphatic heterocycles. The second kappa shape index (κ2) is 3.80. The minimum atomic E-state index is -4.70. The third-order valence-electron chi connectivity index (χ3n) is 1.40. The lowest BCUT2D eigenvalue weighted by molar-refractivity contribution is -0.138. The Morgan fingerprint density at radius 1 is 1.33 bits per heavy atom. The fraction of sp³-hybridized carbons (Fsp3) is 0.167. The number of hydrogen-bond donors (Lipinski definition) is 0. The van der Waals surface area contributed by atoms with Gasteiger partial charge in [-0.25, -0.2) is 13.4 Å². The minimum Gasteiger partial charge on any atom is -0.243 e. The summed E-state index contributed by atoms with van der Waals surface area (Å²) >= 11 is 5.29. The van der Waals surface area contributed by atoms with Crippen molar-refractivity contribution in [3.8, 4) is 0 Å². The van der Waals surface area contributed by atoms with E-state index in [9.17, 15) is 21.6 Å². The largest absolute Gasteiger partial charge is 0.417 e. The predicted octanol–water partition coefficient (Wildman–Crippen LogP) is 2.68. The van der Waals surface area contributed by atoms with Gasteiger partial charge in [0.05, 0.1) is 5.56 Å². The number of hydrogen-bond acceptors (Lipinski definition) is 3. The minimum absolute atomic E-state index is 0.331.